The molecular weight excluding hydrogens is 897 g/mol. The van der Waals surface area contributed by atoms with Crippen LogP contribution in [0.15, 0.2) is 17.1 Å². The molecule has 2 heterocycles. The highest BCUT2D eigenvalue weighted by Crippen LogP contribution is 2.56. The number of aliphatic hydroxyl groups is 2. The van der Waals surface area contributed by atoms with E-state index < -0.39 is 71.2 Å². The molecule has 2 rings (SSSR count). The number of hydrogen-bond donors (Lipinski definition) is 3. The minimum absolute atomic E-state index is 0.0910. The van der Waals surface area contributed by atoms with Crippen molar-refractivity contribution in [3.8, 4) is 0 Å². The second kappa shape index (κ2) is 36.6. The molecule has 4 N–H and O–H groups in total. The number of nitrogen functional groups attached to an aromatic ring is 1. The van der Waals surface area contributed by atoms with Crippen molar-refractivity contribution >= 4 is 39.2 Å². The van der Waals surface area contributed by atoms with Crippen LogP contribution in [0.5, 0.6) is 0 Å². The first-order valence-corrected chi connectivity index (χ1v) is 29.1. The Kier molecular flexibility index (Phi) is 33.7. The molecule has 7 atom stereocenters. The Morgan fingerprint density at radius 3 is 1.66 bits per heavy atom. The Bertz CT molecular complexity index is 1530. The fourth-order valence-electron chi connectivity index (χ4n) is 7.84. The van der Waals surface area contributed by atoms with E-state index in [1.54, 1.807) is 0 Å². The number of thioether (sulfide) groups is 1. The molecule has 1 aliphatic heterocycles. The molecule has 0 radical (unpaired) electrons. The molecule has 0 aromatic carbocycles. The summed E-state index contributed by atoms with van der Waals surface area (Å²) in [5.41, 5.74) is 4.60. The van der Waals surface area contributed by atoms with E-state index in [1.807, 2.05) is 0 Å². The van der Waals surface area contributed by atoms with Crippen LogP contribution in [-0.4, -0.2) is 74.9 Å². The van der Waals surface area contributed by atoms with E-state index >= 15 is 0 Å². The van der Waals surface area contributed by atoms with Crippen LogP contribution in [0.1, 0.15) is 213 Å². The number of carbonyl (C=O) groups excluding carboxylic acids is 1. The number of aromatic nitrogens is 2. The van der Waals surface area contributed by atoms with Gasteiger partial charge in [0.1, 0.15) is 30.2 Å². The first-order chi connectivity index (χ1) is 31.3. The minimum Gasteiger partial charge on any atom is -0.756 e. The minimum atomic E-state index is -5.64. The largest absolute Gasteiger partial charge is 0.756 e. The van der Waals surface area contributed by atoms with Gasteiger partial charge in [-0.1, -0.05) is 187 Å². The summed E-state index contributed by atoms with van der Waals surface area (Å²) in [5, 5.41) is 20.9. The Morgan fingerprint density at radius 2 is 1.18 bits per heavy atom. The molecule has 0 spiro atoms. The number of esters is 1. The second-order valence-corrected chi connectivity index (χ2v) is 21.7. The van der Waals surface area contributed by atoms with Gasteiger partial charge in [-0.05, 0) is 24.7 Å². The predicted octanol–water partition coefficient (Wildman–Crippen LogP) is 9.82. The Balaban J connectivity index is 1.76. The Hall–Kier alpha value is -1.36. The number of unbranched alkanes of at least 4 members (excludes halogenated alkanes) is 27. The van der Waals surface area contributed by atoms with Crippen LogP contribution in [0.4, 0.5) is 5.82 Å². The molecule has 16 nitrogen and oxygen atoms in total. The number of hydrogen-bond acceptors (Lipinski definition) is 16. The topological polar surface area (TPSA) is 245 Å². The molecule has 0 aliphatic carbocycles. The zero-order valence-electron chi connectivity index (χ0n) is 39.7. The number of nitrogens with zero attached hydrogens (tertiary/aromatic N) is 2. The third kappa shape index (κ3) is 29.3. The molecule has 1 aromatic heterocycles. The molecule has 0 saturated carbocycles. The fourth-order valence-corrected chi connectivity index (χ4v) is 10.9. The van der Waals surface area contributed by atoms with E-state index in [9.17, 15) is 38.7 Å². The number of anilines is 1. The van der Waals surface area contributed by atoms with Gasteiger partial charge in [-0.3, -0.25) is 18.5 Å². The van der Waals surface area contributed by atoms with Gasteiger partial charge in [-0.15, -0.1) is 0 Å². The summed E-state index contributed by atoms with van der Waals surface area (Å²) in [6.07, 6.45) is 29.4. The molecule has 0 bridgehead atoms. The zero-order valence-corrected chi connectivity index (χ0v) is 42.3. The van der Waals surface area contributed by atoms with Crippen LogP contribution in [-0.2, 0) is 36.8 Å². The monoisotopic (exact) mass is 982 g/mol. The van der Waals surface area contributed by atoms with Crippen LogP contribution in [0.3, 0.4) is 0 Å². The molecular formula is C46H85N3O13P2S-2. The SMILES string of the molecule is CCCCCCCCCCCCCCCCCCSCC(COP(=O)([O-])OP(=O)([O-])OCC1OC(n2ccc(N)nc2=O)C(O)C1O)OC(=O)CCCCCCCCCCCCCCC. The second-order valence-electron chi connectivity index (χ2n) is 17.6. The average Bonchev–Trinajstić information content (AvgIpc) is 3.54. The predicted molar refractivity (Wildman–Crippen MR) is 254 cm³/mol. The molecule has 380 valence electrons. The molecule has 65 heavy (non-hydrogen) atoms. The van der Waals surface area contributed by atoms with Gasteiger partial charge in [0.2, 0.25) is 0 Å². The highest BCUT2D eigenvalue weighted by atomic mass is 32.2. The first kappa shape index (κ1) is 59.8. The molecule has 1 aromatic rings. The quantitative estimate of drug-likeness (QED) is 0.0313. The zero-order chi connectivity index (χ0) is 47.6. The summed E-state index contributed by atoms with van der Waals surface area (Å²) in [6, 6.07) is 1.26. The van der Waals surface area contributed by atoms with E-state index in [4.69, 9.17) is 19.7 Å². The van der Waals surface area contributed by atoms with Crippen molar-refractivity contribution in [1.82, 2.24) is 9.55 Å². The van der Waals surface area contributed by atoms with E-state index in [2.05, 4.69) is 27.7 Å². The normalized spacial score (nSPS) is 19.8. The molecule has 0 amide bonds. The summed E-state index contributed by atoms with van der Waals surface area (Å²) in [6.45, 7) is 2.84. The van der Waals surface area contributed by atoms with E-state index in [1.165, 1.54) is 165 Å². The van der Waals surface area contributed by atoms with Crippen molar-refractivity contribution < 1.29 is 56.8 Å². The van der Waals surface area contributed by atoms with Crippen LogP contribution in [0.25, 0.3) is 0 Å². The van der Waals surface area contributed by atoms with Crippen LogP contribution in [0.2, 0.25) is 0 Å². The maximum atomic E-state index is 12.9. The van der Waals surface area contributed by atoms with E-state index in [-0.39, 0.29) is 18.0 Å². The van der Waals surface area contributed by atoms with Gasteiger partial charge in [0.15, 0.2) is 6.23 Å². The standard InChI is InChI=1S/C46H87N3O13P2S/c1-3-5-7-9-11-13-15-17-18-19-21-23-25-27-29-31-35-65-38-39(60-42(50)32-30-28-26-24-22-20-16-14-12-10-8-6-4-2)36-58-63(54,55)62-64(56,57)59-37-40-43(51)44(52)45(61-40)49-34-33-41(47)48-46(49)53/h33-34,39-40,43-45,51-52H,3-32,35-38H2,1-2H3,(H,54,55)(H,56,57)(H2,47,48,53)/p-2. The number of carbonyl (C=O) groups is 1. The Labute approximate surface area is 394 Å². The van der Waals surface area contributed by atoms with Crippen molar-refractivity contribution in [3.63, 3.8) is 0 Å². The average molecular weight is 982 g/mol. The maximum Gasteiger partial charge on any atom is 0.351 e. The summed E-state index contributed by atoms with van der Waals surface area (Å²) >= 11 is 1.50. The van der Waals surface area contributed by atoms with Crippen molar-refractivity contribution in [1.29, 1.82) is 0 Å². The van der Waals surface area contributed by atoms with Gasteiger partial charge in [-0.2, -0.15) is 16.7 Å². The molecule has 1 fully saturated rings. The highest BCUT2D eigenvalue weighted by molar-refractivity contribution is 7.99. The highest BCUT2D eigenvalue weighted by Gasteiger charge is 2.45. The third-order valence-corrected chi connectivity index (χ3v) is 15.4. The van der Waals surface area contributed by atoms with Crippen molar-refractivity contribution in [2.45, 2.75) is 237 Å². The van der Waals surface area contributed by atoms with Gasteiger partial charge >= 0.3 is 11.7 Å². The number of rotatable bonds is 43. The van der Waals surface area contributed by atoms with Gasteiger partial charge in [0.05, 0.1) is 13.2 Å². The summed E-state index contributed by atoms with van der Waals surface area (Å²) in [5.74, 6) is 0.430. The summed E-state index contributed by atoms with van der Waals surface area (Å²) in [7, 11) is -11.2. The van der Waals surface area contributed by atoms with Crippen LogP contribution in [0, 0.1) is 0 Å². The summed E-state index contributed by atoms with van der Waals surface area (Å²) < 4.78 is 51.0. The lowest BCUT2D eigenvalue weighted by atomic mass is 10.0. The smallest absolute Gasteiger partial charge is 0.351 e. The third-order valence-electron chi connectivity index (χ3n) is 11.7. The van der Waals surface area contributed by atoms with E-state index in [0.717, 1.165) is 48.8 Å². The Morgan fingerprint density at radius 1 is 0.738 bits per heavy atom. The van der Waals surface area contributed by atoms with Gasteiger partial charge < -0.3 is 44.3 Å². The molecule has 7 unspecified atom stereocenters. The fraction of sp³-hybridized carbons (Fsp3) is 0.891. The number of nitrogens with two attached hydrogens (primary N) is 1. The maximum absolute atomic E-state index is 12.9. The summed E-state index contributed by atoms with van der Waals surface area (Å²) in [4.78, 5) is 53.9. The lowest BCUT2D eigenvalue weighted by Crippen LogP contribution is -2.36. The van der Waals surface area contributed by atoms with Gasteiger partial charge in [-0.25, -0.2) is 9.11 Å². The first-order valence-electron chi connectivity index (χ1n) is 25.0. The molecule has 19 heteroatoms. The van der Waals surface area contributed by atoms with E-state index in [0.29, 0.717) is 6.42 Å². The van der Waals surface area contributed by atoms with Crippen molar-refractivity contribution in [2.75, 3.05) is 30.5 Å². The van der Waals surface area contributed by atoms with Crippen molar-refractivity contribution in [3.05, 3.63) is 22.7 Å². The number of ether oxygens (including phenoxy) is 2. The number of aliphatic hydroxyl groups excluding tert-OH is 2. The van der Waals surface area contributed by atoms with Gasteiger partial charge in [0, 0.05) is 18.4 Å². The van der Waals surface area contributed by atoms with Crippen LogP contribution < -0.4 is 21.2 Å². The number of phosphoric acid groups is 2. The van der Waals surface area contributed by atoms with Gasteiger partial charge in [0.25, 0.3) is 15.6 Å². The molecule has 1 aliphatic rings. The number of phosphoric ester groups is 2. The van der Waals surface area contributed by atoms with Crippen LogP contribution >= 0.6 is 27.4 Å². The lowest BCUT2D eigenvalue weighted by molar-refractivity contribution is -0.246. The van der Waals surface area contributed by atoms with Crippen molar-refractivity contribution in [2.24, 2.45) is 0 Å². The lowest BCUT2D eigenvalue weighted by Gasteiger charge is -2.32. The molecule has 1 saturated heterocycles.